The number of benzene rings is 1. The van der Waals surface area contributed by atoms with Crippen LogP contribution in [0.5, 0.6) is 0 Å². The number of likely N-dealkylation sites (tertiary alicyclic amines) is 1. The zero-order valence-electron chi connectivity index (χ0n) is 12.2. The van der Waals surface area contributed by atoms with Crippen LogP contribution in [-0.2, 0) is 6.54 Å². The molecule has 3 heteroatoms. The second kappa shape index (κ2) is 6.83. The van der Waals surface area contributed by atoms with Crippen LogP contribution in [0, 0.1) is 5.92 Å². The van der Waals surface area contributed by atoms with E-state index in [2.05, 4.69) is 40.2 Å². The molecule has 110 valence electrons. The van der Waals surface area contributed by atoms with Gasteiger partial charge in [0.15, 0.2) is 0 Å². The summed E-state index contributed by atoms with van der Waals surface area (Å²) in [5.41, 5.74) is 2.48. The Hall–Kier alpha value is -1.71. The van der Waals surface area contributed by atoms with Gasteiger partial charge in [0.1, 0.15) is 0 Å². The molecule has 0 spiro atoms. The Kier molecular flexibility index (Phi) is 4.63. The van der Waals surface area contributed by atoms with Crippen molar-refractivity contribution in [1.29, 1.82) is 0 Å². The number of aliphatic hydroxyl groups excluding tert-OH is 1. The topological polar surface area (TPSA) is 36.4 Å². The number of aromatic nitrogens is 1. The molecular formula is C18H22N2O. The molecule has 0 radical (unpaired) electrons. The Bertz CT molecular complexity index is 544. The van der Waals surface area contributed by atoms with E-state index in [1.165, 1.54) is 5.56 Å². The summed E-state index contributed by atoms with van der Waals surface area (Å²) >= 11 is 0. The predicted octanol–water partition coefficient (Wildman–Crippen LogP) is 2.68. The molecule has 2 heterocycles. The number of aliphatic hydroxyl groups is 1. The van der Waals surface area contributed by atoms with E-state index in [-0.39, 0.29) is 6.61 Å². The summed E-state index contributed by atoms with van der Waals surface area (Å²) in [6, 6.07) is 16.6. The maximum absolute atomic E-state index is 9.59. The summed E-state index contributed by atoms with van der Waals surface area (Å²) in [5, 5.41) is 9.59. The molecule has 1 aliphatic heterocycles. The largest absolute Gasteiger partial charge is 0.396 e. The molecule has 1 aliphatic rings. The first-order chi connectivity index (χ1) is 10.3. The number of nitrogens with zero attached hydrogens (tertiary/aromatic N) is 2. The fourth-order valence-electron chi connectivity index (χ4n) is 3.24. The first kappa shape index (κ1) is 14.2. The molecule has 2 atom stereocenters. The second-order valence-corrected chi connectivity index (χ2v) is 5.92. The molecule has 1 saturated heterocycles. The van der Waals surface area contributed by atoms with Gasteiger partial charge in [-0.2, -0.15) is 0 Å². The van der Waals surface area contributed by atoms with Crippen molar-refractivity contribution in [2.45, 2.75) is 18.9 Å². The first-order valence-corrected chi connectivity index (χ1v) is 7.63. The van der Waals surface area contributed by atoms with E-state index in [1.54, 1.807) is 0 Å². The van der Waals surface area contributed by atoms with Gasteiger partial charge < -0.3 is 5.11 Å². The average Bonchev–Trinajstić information content (AvgIpc) is 2.56. The fraction of sp³-hybridized carbons (Fsp3) is 0.389. The van der Waals surface area contributed by atoms with E-state index in [9.17, 15) is 5.11 Å². The van der Waals surface area contributed by atoms with Gasteiger partial charge in [-0.1, -0.05) is 36.4 Å². The number of pyridine rings is 1. The van der Waals surface area contributed by atoms with Crippen molar-refractivity contribution in [2.75, 3.05) is 19.7 Å². The monoisotopic (exact) mass is 282 g/mol. The number of hydrogen-bond donors (Lipinski definition) is 1. The molecule has 21 heavy (non-hydrogen) atoms. The van der Waals surface area contributed by atoms with Crippen LogP contribution in [0.3, 0.4) is 0 Å². The highest BCUT2D eigenvalue weighted by Crippen LogP contribution is 2.29. The van der Waals surface area contributed by atoms with Crippen molar-refractivity contribution < 1.29 is 5.11 Å². The lowest BCUT2D eigenvalue weighted by Gasteiger charge is -2.37. The summed E-state index contributed by atoms with van der Waals surface area (Å²) < 4.78 is 0. The maximum Gasteiger partial charge on any atom is 0.0471 e. The van der Waals surface area contributed by atoms with Crippen LogP contribution in [0.15, 0.2) is 54.7 Å². The Balaban J connectivity index is 1.72. The van der Waals surface area contributed by atoms with E-state index >= 15 is 0 Å². The minimum Gasteiger partial charge on any atom is -0.396 e. The van der Waals surface area contributed by atoms with E-state index in [4.69, 9.17) is 0 Å². The molecule has 0 bridgehead atoms. The maximum atomic E-state index is 9.59. The van der Waals surface area contributed by atoms with Crippen LogP contribution in [-0.4, -0.2) is 34.7 Å². The summed E-state index contributed by atoms with van der Waals surface area (Å²) in [4.78, 5) is 6.95. The van der Waals surface area contributed by atoms with Crippen molar-refractivity contribution in [3.63, 3.8) is 0 Å². The van der Waals surface area contributed by atoms with Crippen molar-refractivity contribution >= 4 is 0 Å². The van der Waals surface area contributed by atoms with Gasteiger partial charge >= 0.3 is 0 Å². The first-order valence-electron chi connectivity index (χ1n) is 7.63. The summed E-state index contributed by atoms with van der Waals surface area (Å²) in [6.07, 6.45) is 2.89. The van der Waals surface area contributed by atoms with Crippen molar-refractivity contribution in [3.05, 3.63) is 66.0 Å². The van der Waals surface area contributed by atoms with Gasteiger partial charge in [-0.15, -0.1) is 0 Å². The summed E-state index contributed by atoms with van der Waals surface area (Å²) in [6.45, 7) is 3.19. The van der Waals surface area contributed by atoms with Crippen LogP contribution in [0.1, 0.15) is 23.6 Å². The SMILES string of the molecule is OC[C@H]1C[C@H](c2ccccn2)CN(Cc2ccccc2)C1. The highest BCUT2D eigenvalue weighted by molar-refractivity contribution is 5.16. The van der Waals surface area contributed by atoms with Crippen LogP contribution in [0.2, 0.25) is 0 Å². The normalized spacial score (nSPS) is 23.1. The highest BCUT2D eigenvalue weighted by Gasteiger charge is 2.28. The Morgan fingerprint density at radius 2 is 1.86 bits per heavy atom. The van der Waals surface area contributed by atoms with Crippen LogP contribution in [0.25, 0.3) is 0 Å². The standard InChI is InChI=1S/C18H22N2O/c21-14-16-10-17(18-8-4-5-9-19-18)13-20(12-16)11-15-6-2-1-3-7-15/h1-9,16-17,21H,10-14H2/t16-,17-/m0/s1. The van der Waals surface area contributed by atoms with Gasteiger partial charge in [0.2, 0.25) is 0 Å². The Morgan fingerprint density at radius 1 is 1.05 bits per heavy atom. The molecule has 0 amide bonds. The predicted molar refractivity (Wildman–Crippen MR) is 83.9 cm³/mol. The lowest BCUT2D eigenvalue weighted by molar-refractivity contribution is 0.101. The Labute approximate surface area is 126 Å². The van der Waals surface area contributed by atoms with E-state index < -0.39 is 0 Å². The van der Waals surface area contributed by atoms with E-state index in [0.29, 0.717) is 11.8 Å². The number of hydrogen-bond acceptors (Lipinski definition) is 3. The molecule has 3 nitrogen and oxygen atoms in total. The zero-order valence-corrected chi connectivity index (χ0v) is 12.2. The van der Waals surface area contributed by atoms with Gasteiger partial charge in [-0.25, -0.2) is 0 Å². The third-order valence-corrected chi connectivity index (χ3v) is 4.23. The van der Waals surface area contributed by atoms with Crippen molar-refractivity contribution in [3.8, 4) is 0 Å². The quantitative estimate of drug-likeness (QED) is 0.936. The second-order valence-electron chi connectivity index (χ2n) is 5.92. The molecule has 0 saturated carbocycles. The zero-order chi connectivity index (χ0) is 14.5. The van der Waals surface area contributed by atoms with Crippen LogP contribution < -0.4 is 0 Å². The molecule has 2 aromatic rings. The molecule has 1 aromatic carbocycles. The molecule has 1 aromatic heterocycles. The highest BCUT2D eigenvalue weighted by atomic mass is 16.3. The minimum atomic E-state index is 0.259. The summed E-state index contributed by atoms with van der Waals surface area (Å²) in [7, 11) is 0. The smallest absolute Gasteiger partial charge is 0.0471 e. The number of piperidine rings is 1. The third-order valence-electron chi connectivity index (χ3n) is 4.23. The van der Waals surface area contributed by atoms with E-state index in [1.807, 2.05) is 24.4 Å². The van der Waals surface area contributed by atoms with Crippen LogP contribution >= 0.6 is 0 Å². The lowest BCUT2D eigenvalue weighted by atomic mass is 9.87. The average molecular weight is 282 g/mol. The lowest BCUT2D eigenvalue weighted by Crippen LogP contribution is -2.40. The van der Waals surface area contributed by atoms with Gasteiger partial charge in [-0.3, -0.25) is 9.88 Å². The van der Waals surface area contributed by atoms with Gasteiger partial charge in [0.25, 0.3) is 0 Å². The van der Waals surface area contributed by atoms with Crippen LogP contribution in [0.4, 0.5) is 0 Å². The van der Waals surface area contributed by atoms with Gasteiger partial charge in [0, 0.05) is 44.0 Å². The molecule has 0 aliphatic carbocycles. The molecule has 1 N–H and O–H groups in total. The van der Waals surface area contributed by atoms with E-state index in [0.717, 1.165) is 31.7 Å². The van der Waals surface area contributed by atoms with Gasteiger partial charge in [0.05, 0.1) is 0 Å². The minimum absolute atomic E-state index is 0.259. The molecular weight excluding hydrogens is 260 g/mol. The van der Waals surface area contributed by atoms with Crippen molar-refractivity contribution in [1.82, 2.24) is 9.88 Å². The Morgan fingerprint density at radius 3 is 2.57 bits per heavy atom. The molecule has 3 rings (SSSR count). The molecule has 1 fully saturated rings. The molecule has 0 unspecified atom stereocenters. The van der Waals surface area contributed by atoms with Crippen molar-refractivity contribution in [2.24, 2.45) is 5.92 Å². The summed E-state index contributed by atoms with van der Waals surface area (Å²) in [5.74, 6) is 0.760. The third kappa shape index (κ3) is 3.69. The van der Waals surface area contributed by atoms with Gasteiger partial charge in [-0.05, 0) is 30.0 Å². The fourth-order valence-corrected chi connectivity index (χ4v) is 3.24. The number of rotatable bonds is 4.